The minimum Gasteiger partial charge on any atom is -0.375 e. The normalized spacial score (nSPS) is 18.8. The second kappa shape index (κ2) is 8.80. The lowest BCUT2D eigenvalue weighted by Crippen LogP contribution is -2.48. The summed E-state index contributed by atoms with van der Waals surface area (Å²) in [6, 6.07) is 3.40. The Morgan fingerprint density at radius 3 is 2.72 bits per heavy atom. The summed E-state index contributed by atoms with van der Waals surface area (Å²) in [7, 11) is 0. The zero-order chi connectivity index (χ0) is 18.4. The van der Waals surface area contributed by atoms with Crippen molar-refractivity contribution in [2.45, 2.75) is 46.4 Å². The molecule has 1 aliphatic heterocycles. The first-order valence-electron chi connectivity index (χ1n) is 8.73. The molecule has 25 heavy (non-hydrogen) atoms. The molecule has 1 fully saturated rings. The molecule has 7 nitrogen and oxygen atoms in total. The lowest BCUT2D eigenvalue weighted by Gasteiger charge is -2.32. The van der Waals surface area contributed by atoms with E-state index in [4.69, 9.17) is 4.74 Å². The molecule has 1 aromatic rings. The minimum absolute atomic E-state index is 0.0210. The Labute approximate surface area is 149 Å². The monoisotopic (exact) mass is 348 g/mol. The molecule has 2 amide bonds. The smallest absolute Gasteiger partial charge is 0.243 e. The van der Waals surface area contributed by atoms with Crippen LogP contribution < -0.4 is 15.5 Å². The Morgan fingerprint density at radius 1 is 1.40 bits per heavy atom. The van der Waals surface area contributed by atoms with E-state index in [9.17, 15) is 9.59 Å². The maximum Gasteiger partial charge on any atom is 0.243 e. The fraction of sp³-hybridized carbons (Fsp3) is 0.611. The standard InChI is InChI=1S/C18H28N4O3/c1-12(2)17(21-14(4)23)18(24)20-10-15-5-6-16(19-9-15)22-7-8-25-13(3)11-22/h5-6,9,12-13,17H,7-8,10-11H2,1-4H3,(H,20,24)(H,21,23)/t13-,17-/m1/s1. The molecule has 138 valence electrons. The van der Waals surface area contributed by atoms with Crippen LogP contribution in [0.1, 0.15) is 33.3 Å². The summed E-state index contributed by atoms with van der Waals surface area (Å²) in [5.74, 6) is 0.548. The Hall–Kier alpha value is -2.15. The number of amides is 2. The van der Waals surface area contributed by atoms with E-state index in [2.05, 4.69) is 27.4 Å². The van der Waals surface area contributed by atoms with Crippen LogP contribution in [0, 0.1) is 5.92 Å². The van der Waals surface area contributed by atoms with Gasteiger partial charge in [0.05, 0.1) is 12.7 Å². The molecule has 1 aromatic heterocycles. The molecular weight excluding hydrogens is 320 g/mol. The Morgan fingerprint density at radius 2 is 2.16 bits per heavy atom. The van der Waals surface area contributed by atoms with Crippen molar-refractivity contribution in [3.63, 3.8) is 0 Å². The maximum atomic E-state index is 12.3. The van der Waals surface area contributed by atoms with Crippen LogP contribution in [0.2, 0.25) is 0 Å². The number of hydrogen-bond donors (Lipinski definition) is 2. The van der Waals surface area contributed by atoms with Gasteiger partial charge in [0.15, 0.2) is 0 Å². The van der Waals surface area contributed by atoms with Gasteiger partial charge in [0, 0.05) is 32.8 Å². The van der Waals surface area contributed by atoms with Crippen molar-refractivity contribution in [1.29, 1.82) is 0 Å². The van der Waals surface area contributed by atoms with Crippen LogP contribution in [0.25, 0.3) is 0 Å². The molecule has 0 unspecified atom stereocenters. The van der Waals surface area contributed by atoms with E-state index < -0.39 is 6.04 Å². The van der Waals surface area contributed by atoms with Gasteiger partial charge in [-0.1, -0.05) is 19.9 Å². The van der Waals surface area contributed by atoms with Gasteiger partial charge in [0.2, 0.25) is 11.8 Å². The van der Waals surface area contributed by atoms with E-state index in [1.54, 1.807) is 6.20 Å². The molecule has 2 atom stereocenters. The molecule has 7 heteroatoms. The highest BCUT2D eigenvalue weighted by Gasteiger charge is 2.22. The van der Waals surface area contributed by atoms with Crippen molar-refractivity contribution in [3.05, 3.63) is 23.9 Å². The lowest BCUT2D eigenvalue weighted by atomic mass is 10.0. The van der Waals surface area contributed by atoms with Crippen LogP contribution in [0.5, 0.6) is 0 Å². The van der Waals surface area contributed by atoms with Gasteiger partial charge >= 0.3 is 0 Å². The molecule has 0 aliphatic carbocycles. The number of morpholine rings is 1. The van der Waals surface area contributed by atoms with E-state index in [0.717, 1.165) is 24.5 Å². The number of anilines is 1. The average Bonchev–Trinajstić information content (AvgIpc) is 2.57. The molecule has 0 saturated carbocycles. The number of rotatable bonds is 6. The van der Waals surface area contributed by atoms with Crippen molar-refractivity contribution in [2.24, 2.45) is 5.92 Å². The first-order valence-corrected chi connectivity index (χ1v) is 8.73. The van der Waals surface area contributed by atoms with Crippen molar-refractivity contribution in [2.75, 3.05) is 24.6 Å². The highest BCUT2D eigenvalue weighted by atomic mass is 16.5. The highest BCUT2D eigenvalue weighted by molar-refractivity contribution is 5.87. The number of ether oxygens (including phenoxy) is 1. The molecule has 0 bridgehead atoms. The van der Waals surface area contributed by atoms with Gasteiger partial charge < -0.3 is 20.3 Å². The zero-order valence-electron chi connectivity index (χ0n) is 15.4. The molecule has 0 aromatic carbocycles. The van der Waals surface area contributed by atoms with Gasteiger partial charge in [-0.3, -0.25) is 9.59 Å². The number of nitrogens with zero attached hydrogens (tertiary/aromatic N) is 2. The first-order chi connectivity index (χ1) is 11.9. The summed E-state index contributed by atoms with van der Waals surface area (Å²) in [5.41, 5.74) is 0.920. The third-order valence-electron chi connectivity index (χ3n) is 4.15. The number of carbonyl (C=O) groups is 2. The van der Waals surface area contributed by atoms with Crippen molar-refractivity contribution >= 4 is 17.6 Å². The Kier molecular flexibility index (Phi) is 6.75. The van der Waals surface area contributed by atoms with Gasteiger partial charge in [-0.2, -0.15) is 0 Å². The Balaban J connectivity index is 1.90. The van der Waals surface area contributed by atoms with Crippen molar-refractivity contribution in [3.8, 4) is 0 Å². The van der Waals surface area contributed by atoms with Crippen LogP contribution in [0.15, 0.2) is 18.3 Å². The number of hydrogen-bond acceptors (Lipinski definition) is 5. The fourth-order valence-corrected chi connectivity index (χ4v) is 2.79. The summed E-state index contributed by atoms with van der Waals surface area (Å²) in [5, 5.41) is 5.55. The molecular formula is C18H28N4O3. The third kappa shape index (κ3) is 5.70. The van der Waals surface area contributed by atoms with Crippen LogP contribution >= 0.6 is 0 Å². The summed E-state index contributed by atoms with van der Waals surface area (Å²) in [6.45, 7) is 10.0. The third-order valence-corrected chi connectivity index (χ3v) is 4.15. The van der Waals surface area contributed by atoms with Gasteiger partial charge in [-0.15, -0.1) is 0 Å². The van der Waals surface area contributed by atoms with Crippen LogP contribution in [-0.4, -0.2) is 48.6 Å². The summed E-state index contributed by atoms with van der Waals surface area (Å²) >= 11 is 0. The molecule has 2 heterocycles. The lowest BCUT2D eigenvalue weighted by molar-refractivity contribution is -0.129. The maximum absolute atomic E-state index is 12.3. The number of nitrogens with one attached hydrogen (secondary N) is 2. The predicted octanol–water partition coefficient (Wildman–Crippen LogP) is 1.08. The Bertz CT molecular complexity index is 588. The van der Waals surface area contributed by atoms with E-state index in [1.807, 2.05) is 26.0 Å². The summed E-state index contributed by atoms with van der Waals surface area (Å²) < 4.78 is 5.54. The molecule has 0 radical (unpaired) electrons. The molecule has 0 spiro atoms. The van der Waals surface area contributed by atoms with Crippen molar-refractivity contribution in [1.82, 2.24) is 15.6 Å². The second-order valence-electron chi connectivity index (χ2n) is 6.79. The molecule has 1 aliphatic rings. The SMILES string of the molecule is CC(=O)N[C@@H](C(=O)NCc1ccc(N2CCO[C@H](C)C2)nc1)C(C)C. The van der Waals surface area contributed by atoms with Crippen molar-refractivity contribution < 1.29 is 14.3 Å². The summed E-state index contributed by atoms with van der Waals surface area (Å²) in [4.78, 5) is 30.2. The van der Waals surface area contributed by atoms with E-state index >= 15 is 0 Å². The van der Waals surface area contributed by atoms with Crippen LogP contribution in [0.4, 0.5) is 5.82 Å². The van der Waals surface area contributed by atoms with Gasteiger partial charge in [-0.05, 0) is 24.5 Å². The van der Waals surface area contributed by atoms with Gasteiger partial charge in [0.1, 0.15) is 11.9 Å². The van der Waals surface area contributed by atoms with Gasteiger partial charge in [0.25, 0.3) is 0 Å². The molecule has 2 N–H and O–H groups in total. The quantitative estimate of drug-likeness (QED) is 0.804. The average molecular weight is 348 g/mol. The van der Waals surface area contributed by atoms with E-state index in [-0.39, 0.29) is 23.8 Å². The second-order valence-corrected chi connectivity index (χ2v) is 6.79. The van der Waals surface area contributed by atoms with Crippen LogP contribution in [0.3, 0.4) is 0 Å². The zero-order valence-corrected chi connectivity index (χ0v) is 15.4. The highest BCUT2D eigenvalue weighted by Crippen LogP contribution is 2.15. The number of pyridine rings is 1. The molecule has 1 saturated heterocycles. The fourth-order valence-electron chi connectivity index (χ4n) is 2.79. The first kappa shape index (κ1) is 19.2. The largest absolute Gasteiger partial charge is 0.375 e. The van der Waals surface area contributed by atoms with E-state index in [1.165, 1.54) is 6.92 Å². The predicted molar refractivity (Wildman–Crippen MR) is 96.2 cm³/mol. The summed E-state index contributed by atoms with van der Waals surface area (Å²) in [6.07, 6.45) is 1.98. The van der Waals surface area contributed by atoms with E-state index in [0.29, 0.717) is 13.2 Å². The number of aromatic nitrogens is 1. The van der Waals surface area contributed by atoms with Crippen LogP contribution in [-0.2, 0) is 20.9 Å². The topological polar surface area (TPSA) is 83.6 Å². The minimum atomic E-state index is -0.528. The van der Waals surface area contributed by atoms with Gasteiger partial charge in [-0.25, -0.2) is 4.98 Å². The number of carbonyl (C=O) groups excluding carboxylic acids is 2. The molecule has 2 rings (SSSR count).